The minimum atomic E-state index is 0.102. The standard InChI is InChI=1S/C3H8BN2/c1-3(4-5)6-2/h3H,2,5H2,1H3. The first-order valence-electron chi connectivity index (χ1n) is 1.82. The molecule has 0 fully saturated rings. The van der Waals surface area contributed by atoms with Gasteiger partial charge < -0.3 is 10.6 Å². The van der Waals surface area contributed by atoms with Crippen molar-refractivity contribution in [2.45, 2.75) is 12.9 Å². The van der Waals surface area contributed by atoms with Crippen molar-refractivity contribution < 1.29 is 0 Å². The second kappa shape index (κ2) is 2.91. The average Bonchev–Trinajstić information content (AvgIpc) is 1.65. The van der Waals surface area contributed by atoms with E-state index in [2.05, 4.69) is 11.7 Å². The van der Waals surface area contributed by atoms with Gasteiger partial charge >= 0.3 is 0 Å². The zero-order valence-corrected chi connectivity index (χ0v) is 3.89. The van der Waals surface area contributed by atoms with Crippen molar-refractivity contribution in [3.8, 4) is 0 Å². The third-order valence-electron chi connectivity index (χ3n) is 0.566. The average molecular weight is 82.9 g/mol. The Labute approximate surface area is 38.7 Å². The molecule has 2 N–H and O–H groups in total. The monoisotopic (exact) mass is 83.1 g/mol. The van der Waals surface area contributed by atoms with Crippen molar-refractivity contribution >= 4 is 14.1 Å². The van der Waals surface area contributed by atoms with Gasteiger partial charge in [-0.3, -0.25) is 0 Å². The highest BCUT2D eigenvalue weighted by Gasteiger charge is 1.89. The van der Waals surface area contributed by atoms with E-state index in [0.717, 1.165) is 0 Å². The van der Waals surface area contributed by atoms with Crippen molar-refractivity contribution in [1.29, 1.82) is 0 Å². The van der Waals surface area contributed by atoms with E-state index in [1.165, 1.54) is 7.41 Å². The number of nitrogens with two attached hydrogens (primary N) is 1. The van der Waals surface area contributed by atoms with Gasteiger partial charge in [-0.15, -0.1) is 0 Å². The fourth-order valence-corrected chi connectivity index (χ4v) is 0.0609. The van der Waals surface area contributed by atoms with E-state index in [4.69, 9.17) is 5.64 Å². The van der Waals surface area contributed by atoms with Crippen molar-refractivity contribution in [3.63, 3.8) is 0 Å². The zero-order valence-electron chi connectivity index (χ0n) is 3.89. The van der Waals surface area contributed by atoms with Gasteiger partial charge in [-0.25, -0.2) is 0 Å². The Bertz CT molecular complexity index is 46.1. The SMILES string of the molecule is C=NC(C)[B]N. The quantitative estimate of drug-likeness (QED) is 0.358. The minimum Gasteiger partial charge on any atom is -0.373 e. The maximum absolute atomic E-state index is 5.02. The molecule has 0 heterocycles. The van der Waals surface area contributed by atoms with Gasteiger partial charge in [0, 0.05) is 5.94 Å². The van der Waals surface area contributed by atoms with Crippen LogP contribution in [0, 0.1) is 0 Å². The van der Waals surface area contributed by atoms with E-state index in [0.29, 0.717) is 0 Å². The summed E-state index contributed by atoms with van der Waals surface area (Å²) in [6.45, 7) is 5.14. The van der Waals surface area contributed by atoms with Crippen LogP contribution in [0.2, 0.25) is 0 Å². The van der Waals surface area contributed by atoms with Crippen LogP contribution in [0.25, 0.3) is 0 Å². The van der Waals surface area contributed by atoms with Crippen LogP contribution in [0.3, 0.4) is 0 Å². The molecule has 0 spiro atoms. The van der Waals surface area contributed by atoms with E-state index in [1.807, 2.05) is 6.92 Å². The number of rotatable bonds is 2. The van der Waals surface area contributed by atoms with Crippen LogP contribution in [0.15, 0.2) is 4.99 Å². The number of nitrogens with zero attached hydrogens (tertiary/aromatic N) is 1. The summed E-state index contributed by atoms with van der Waals surface area (Å²) in [5, 5.41) is 0. The van der Waals surface area contributed by atoms with Crippen LogP contribution >= 0.6 is 0 Å². The lowest BCUT2D eigenvalue weighted by Crippen LogP contribution is -2.18. The van der Waals surface area contributed by atoms with Gasteiger partial charge in [0.25, 0.3) is 0 Å². The maximum Gasteiger partial charge on any atom is 0.231 e. The molecule has 0 saturated carbocycles. The van der Waals surface area contributed by atoms with Crippen LogP contribution in [0.5, 0.6) is 0 Å². The molecule has 3 heteroatoms. The summed E-state index contributed by atoms with van der Waals surface area (Å²) in [6, 6.07) is 0. The molecule has 0 amide bonds. The molecular formula is C3H8BN2. The van der Waals surface area contributed by atoms with Crippen LogP contribution in [-0.2, 0) is 0 Å². The molecule has 1 unspecified atom stereocenters. The lowest BCUT2D eigenvalue weighted by molar-refractivity contribution is 1.02. The Kier molecular flexibility index (Phi) is 2.76. The molecule has 0 rings (SSSR count). The Morgan fingerprint density at radius 2 is 2.50 bits per heavy atom. The summed E-state index contributed by atoms with van der Waals surface area (Å²) in [5.41, 5.74) is 5.02. The van der Waals surface area contributed by atoms with Crippen LogP contribution < -0.4 is 5.64 Å². The van der Waals surface area contributed by atoms with Crippen LogP contribution in [-0.4, -0.2) is 20.1 Å². The number of aliphatic imine (C=N–C) groups is 1. The van der Waals surface area contributed by atoms with Crippen molar-refractivity contribution in [3.05, 3.63) is 0 Å². The van der Waals surface area contributed by atoms with E-state index >= 15 is 0 Å². The molecule has 0 aliphatic carbocycles. The summed E-state index contributed by atoms with van der Waals surface area (Å²) in [6.07, 6.45) is 0. The summed E-state index contributed by atoms with van der Waals surface area (Å²) in [7, 11) is 1.49. The van der Waals surface area contributed by atoms with E-state index in [-0.39, 0.29) is 5.94 Å². The summed E-state index contributed by atoms with van der Waals surface area (Å²) >= 11 is 0. The summed E-state index contributed by atoms with van der Waals surface area (Å²) in [5.74, 6) is 0.102. The molecule has 0 aliphatic heterocycles. The fourth-order valence-electron chi connectivity index (χ4n) is 0.0609. The first-order valence-corrected chi connectivity index (χ1v) is 1.82. The van der Waals surface area contributed by atoms with E-state index < -0.39 is 0 Å². The topological polar surface area (TPSA) is 38.4 Å². The predicted octanol–water partition coefficient (Wildman–Crippen LogP) is -0.389. The maximum atomic E-state index is 5.02. The van der Waals surface area contributed by atoms with Crippen molar-refractivity contribution in [2.24, 2.45) is 10.6 Å². The first-order chi connectivity index (χ1) is 2.81. The molecule has 33 valence electrons. The van der Waals surface area contributed by atoms with Gasteiger partial charge in [0.1, 0.15) is 0 Å². The Hall–Kier alpha value is -0.305. The molecule has 2 nitrogen and oxygen atoms in total. The normalized spacial score (nSPS) is 13.0. The summed E-state index contributed by atoms with van der Waals surface area (Å²) < 4.78 is 0. The summed E-state index contributed by atoms with van der Waals surface area (Å²) in [4.78, 5) is 3.58. The lowest BCUT2D eigenvalue weighted by Gasteiger charge is -1.91. The highest BCUT2D eigenvalue weighted by Crippen LogP contribution is 1.75. The third-order valence-corrected chi connectivity index (χ3v) is 0.566. The molecule has 0 aromatic heterocycles. The van der Waals surface area contributed by atoms with Crippen LogP contribution in [0.1, 0.15) is 6.92 Å². The molecule has 0 aliphatic rings. The second-order valence-corrected chi connectivity index (χ2v) is 1.12. The van der Waals surface area contributed by atoms with Gasteiger partial charge in [-0.1, -0.05) is 0 Å². The van der Waals surface area contributed by atoms with E-state index in [1.54, 1.807) is 0 Å². The first kappa shape index (κ1) is 5.69. The molecule has 1 atom stereocenters. The molecule has 1 radical (unpaired) electrons. The van der Waals surface area contributed by atoms with Gasteiger partial charge in [-0.05, 0) is 13.6 Å². The third kappa shape index (κ3) is 1.97. The Morgan fingerprint density at radius 1 is 2.00 bits per heavy atom. The highest BCUT2D eigenvalue weighted by molar-refractivity contribution is 6.33. The molecule has 0 aromatic rings. The van der Waals surface area contributed by atoms with Gasteiger partial charge in [0.15, 0.2) is 0 Å². The van der Waals surface area contributed by atoms with Gasteiger partial charge in [-0.2, -0.15) is 0 Å². The number of hydrogen-bond donors (Lipinski definition) is 1. The van der Waals surface area contributed by atoms with Crippen molar-refractivity contribution in [1.82, 2.24) is 0 Å². The molecule has 0 bridgehead atoms. The fraction of sp³-hybridized carbons (Fsp3) is 0.667. The van der Waals surface area contributed by atoms with Gasteiger partial charge in [0.05, 0.1) is 0 Å². The minimum absolute atomic E-state index is 0.102. The molecule has 6 heavy (non-hydrogen) atoms. The smallest absolute Gasteiger partial charge is 0.231 e. The van der Waals surface area contributed by atoms with Crippen LogP contribution in [0.4, 0.5) is 0 Å². The van der Waals surface area contributed by atoms with Crippen molar-refractivity contribution in [2.75, 3.05) is 0 Å². The highest BCUT2D eigenvalue weighted by atomic mass is 14.7. The lowest BCUT2D eigenvalue weighted by atomic mass is 9.87. The molecule has 0 aromatic carbocycles. The molecule has 0 saturated heterocycles. The largest absolute Gasteiger partial charge is 0.373 e. The Morgan fingerprint density at radius 3 is 2.50 bits per heavy atom. The van der Waals surface area contributed by atoms with Gasteiger partial charge in [0.2, 0.25) is 7.41 Å². The molecular weight excluding hydrogens is 74.9 g/mol. The second-order valence-electron chi connectivity index (χ2n) is 1.12. The Balaban J connectivity index is 2.96. The zero-order chi connectivity index (χ0) is 4.99. The van der Waals surface area contributed by atoms with E-state index in [9.17, 15) is 0 Å². The number of hydrogen-bond acceptors (Lipinski definition) is 2. The predicted molar refractivity (Wildman–Crippen MR) is 29.0 cm³/mol.